The molecule has 2 aromatic rings. The molecule has 0 heterocycles. The summed E-state index contributed by atoms with van der Waals surface area (Å²) in [6.45, 7) is 2.81. The number of unbranched alkanes of at least 4 members (excludes halogenated alkanes) is 3. The van der Waals surface area contributed by atoms with Crippen LogP contribution in [0, 0.1) is 0 Å². The highest BCUT2D eigenvalue weighted by atomic mass is 16.5. The molecule has 0 spiro atoms. The molecular weight excluding hydrogens is 400 g/mol. The van der Waals surface area contributed by atoms with Gasteiger partial charge < -0.3 is 18.9 Å². The van der Waals surface area contributed by atoms with E-state index >= 15 is 0 Å². The van der Waals surface area contributed by atoms with Crippen molar-refractivity contribution in [3.05, 3.63) is 47.5 Å². The molecule has 168 valence electrons. The van der Waals surface area contributed by atoms with E-state index in [-0.39, 0.29) is 5.56 Å². The molecule has 0 atom stereocenters. The number of nitrogens with one attached hydrogen (secondary N) is 2. The lowest BCUT2D eigenvalue weighted by molar-refractivity contribution is 0.0846. The second-order valence-corrected chi connectivity index (χ2v) is 6.76. The molecule has 0 bridgehead atoms. The fourth-order valence-electron chi connectivity index (χ4n) is 2.89. The van der Waals surface area contributed by atoms with E-state index in [1.165, 1.54) is 46.3 Å². The predicted octanol–water partition coefficient (Wildman–Crippen LogP) is 3.75. The van der Waals surface area contributed by atoms with Crippen LogP contribution in [0.4, 0.5) is 0 Å². The smallest absolute Gasteiger partial charge is 0.269 e. The zero-order valence-corrected chi connectivity index (χ0v) is 18.4. The molecule has 0 radical (unpaired) electrons. The number of methoxy groups -OCH3 is 3. The topological polar surface area (TPSA) is 95.1 Å². The summed E-state index contributed by atoms with van der Waals surface area (Å²) in [4.78, 5) is 24.8. The van der Waals surface area contributed by atoms with Gasteiger partial charge in [0.2, 0.25) is 5.75 Å². The van der Waals surface area contributed by atoms with Crippen molar-refractivity contribution >= 4 is 11.8 Å². The molecule has 0 unspecified atom stereocenters. The number of rotatable bonds is 11. The molecule has 0 aliphatic rings. The first kappa shape index (κ1) is 23.9. The summed E-state index contributed by atoms with van der Waals surface area (Å²) in [6, 6.07) is 9.74. The number of carbonyl (C=O) groups is 2. The molecule has 0 fully saturated rings. The Morgan fingerprint density at radius 1 is 0.774 bits per heavy atom. The Balaban J connectivity index is 1.92. The Morgan fingerprint density at radius 2 is 1.35 bits per heavy atom. The Kier molecular flexibility index (Phi) is 9.48. The highest BCUT2D eigenvalue weighted by Gasteiger charge is 2.17. The fourth-order valence-corrected chi connectivity index (χ4v) is 2.89. The van der Waals surface area contributed by atoms with Crippen molar-refractivity contribution in [2.24, 2.45) is 0 Å². The van der Waals surface area contributed by atoms with E-state index in [1.807, 2.05) is 0 Å². The number of ether oxygens (including phenoxy) is 4. The summed E-state index contributed by atoms with van der Waals surface area (Å²) in [5.41, 5.74) is 5.41. The van der Waals surface area contributed by atoms with Crippen LogP contribution >= 0.6 is 0 Å². The van der Waals surface area contributed by atoms with Gasteiger partial charge in [0.25, 0.3) is 11.8 Å². The van der Waals surface area contributed by atoms with Gasteiger partial charge in [-0.1, -0.05) is 26.2 Å². The summed E-state index contributed by atoms with van der Waals surface area (Å²) in [7, 11) is 4.39. The number of hydrazine groups is 1. The van der Waals surface area contributed by atoms with Crippen LogP contribution in [0.15, 0.2) is 36.4 Å². The van der Waals surface area contributed by atoms with Crippen LogP contribution in [0.25, 0.3) is 0 Å². The second kappa shape index (κ2) is 12.3. The van der Waals surface area contributed by atoms with Gasteiger partial charge in [0, 0.05) is 11.1 Å². The maximum absolute atomic E-state index is 12.5. The Hall–Kier alpha value is -3.42. The highest BCUT2D eigenvalue weighted by molar-refractivity contribution is 5.99. The second-order valence-electron chi connectivity index (χ2n) is 6.76. The van der Waals surface area contributed by atoms with Gasteiger partial charge in [-0.25, -0.2) is 0 Å². The van der Waals surface area contributed by atoms with E-state index in [0.717, 1.165) is 12.8 Å². The monoisotopic (exact) mass is 430 g/mol. The maximum atomic E-state index is 12.5. The first-order valence-electron chi connectivity index (χ1n) is 10.2. The van der Waals surface area contributed by atoms with Gasteiger partial charge in [0.05, 0.1) is 27.9 Å². The van der Waals surface area contributed by atoms with Gasteiger partial charge in [-0.3, -0.25) is 20.4 Å². The standard InChI is InChI=1S/C23H30N2O6/c1-5-6-7-8-13-31-18-11-9-16(10-12-18)22(26)24-25-23(27)17-14-19(28-2)21(30-4)20(15-17)29-3/h9-12,14-15H,5-8,13H2,1-4H3,(H,24,26)(H,25,27). The summed E-state index contributed by atoms with van der Waals surface area (Å²) >= 11 is 0. The summed E-state index contributed by atoms with van der Waals surface area (Å²) < 4.78 is 21.4. The molecule has 8 heteroatoms. The summed E-state index contributed by atoms with van der Waals surface area (Å²) in [5.74, 6) is 0.773. The van der Waals surface area contributed by atoms with Crippen molar-refractivity contribution in [1.29, 1.82) is 0 Å². The molecule has 0 saturated heterocycles. The molecule has 2 amide bonds. The first-order chi connectivity index (χ1) is 15.0. The molecule has 2 aromatic carbocycles. The van der Waals surface area contributed by atoms with E-state index in [2.05, 4.69) is 17.8 Å². The van der Waals surface area contributed by atoms with E-state index in [0.29, 0.717) is 35.2 Å². The molecular formula is C23H30N2O6. The van der Waals surface area contributed by atoms with Gasteiger partial charge in [-0.2, -0.15) is 0 Å². The maximum Gasteiger partial charge on any atom is 0.269 e. The van der Waals surface area contributed by atoms with Crippen LogP contribution in [0.5, 0.6) is 23.0 Å². The van der Waals surface area contributed by atoms with Crippen molar-refractivity contribution in [3.8, 4) is 23.0 Å². The predicted molar refractivity (Wildman–Crippen MR) is 117 cm³/mol. The van der Waals surface area contributed by atoms with Gasteiger partial charge in [0.1, 0.15) is 5.75 Å². The molecule has 0 saturated carbocycles. The van der Waals surface area contributed by atoms with E-state index in [4.69, 9.17) is 18.9 Å². The minimum Gasteiger partial charge on any atom is -0.494 e. The highest BCUT2D eigenvalue weighted by Crippen LogP contribution is 2.38. The van der Waals surface area contributed by atoms with Crippen LogP contribution in [-0.2, 0) is 0 Å². The largest absolute Gasteiger partial charge is 0.494 e. The van der Waals surface area contributed by atoms with Crippen molar-refractivity contribution in [2.45, 2.75) is 32.6 Å². The summed E-state index contributed by atoms with van der Waals surface area (Å²) in [6.07, 6.45) is 4.52. The zero-order valence-electron chi connectivity index (χ0n) is 18.4. The van der Waals surface area contributed by atoms with Crippen molar-refractivity contribution in [3.63, 3.8) is 0 Å². The average molecular weight is 431 g/mol. The quantitative estimate of drug-likeness (QED) is 0.417. The van der Waals surface area contributed by atoms with Crippen molar-refractivity contribution in [1.82, 2.24) is 10.9 Å². The van der Waals surface area contributed by atoms with Gasteiger partial charge in [0.15, 0.2) is 11.5 Å². The molecule has 2 N–H and O–H groups in total. The first-order valence-corrected chi connectivity index (χ1v) is 10.2. The molecule has 0 aromatic heterocycles. The van der Waals surface area contributed by atoms with E-state index in [9.17, 15) is 9.59 Å². The van der Waals surface area contributed by atoms with E-state index in [1.54, 1.807) is 24.3 Å². The third kappa shape index (κ3) is 6.80. The van der Waals surface area contributed by atoms with Crippen molar-refractivity contribution < 1.29 is 28.5 Å². The normalized spacial score (nSPS) is 10.2. The molecule has 2 rings (SSSR count). The Labute approximate surface area is 182 Å². The minimum absolute atomic E-state index is 0.238. The molecule has 31 heavy (non-hydrogen) atoms. The van der Waals surface area contributed by atoms with Gasteiger partial charge >= 0.3 is 0 Å². The Morgan fingerprint density at radius 3 is 1.87 bits per heavy atom. The van der Waals surface area contributed by atoms with Crippen molar-refractivity contribution in [2.75, 3.05) is 27.9 Å². The zero-order chi connectivity index (χ0) is 22.6. The lowest BCUT2D eigenvalue weighted by atomic mass is 10.1. The lowest BCUT2D eigenvalue weighted by Gasteiger charge is -2.14. The van der Waals surface area contributed by atoms with Crippen LogP contribution in [0.2, 0.25) is 0 Å². The number of carbonyl (C=O) groups excluding carboxylic acids is 2. The average Bonchev–Trinajstić information content (AvgIpc) is 2.81. The van der Waals surface area contributed by atoms with Crippen LogP contribution in [0.1, 0.15) is 53.3 Å². The van der Waals surface area contributed by atoms with Crippen LogP contribution < -0.4 is 29.8 Å². The number of benzene rings is 2. The molecule has 8 nitrogen and oxygen atoms in total. The number of hydrogen-bond acceptors (Lipinski definition) is 6. The SMILES string of the molecule is CCCCCCOc1ccc(C(=O)NNC(=O)c2cc(OC)c(OC)c(OC)c2)cc1. The fraction of sp³-hybridized carbons (Fsp3) is 0.391. The Bertz CT molecular complexity index is 842. The number of hydrogen-bond donors (Lipinski definition) is 2. The lowest BCUT2D eigenvalue weighted by Crippen LogP contribution is -2.41. The van der Waals surface area contributed by atoms with Crippen LogP contribution in [0.3, 0.4) is 0 Å². The molecule has 0 aliphatic carbocycles. The number of amides is 2. The summed E-state index contributed by atoms with van der Waals surface area (Å²) in [5, 5.41) is 0. The van der Waals surface area contributed by atoms with Crippen LogP contribution in [-0.4, -0.2) is 39.8 Å². The minimum atomic E-state index is -0.528. The van der Waals surface area contributed by atoms with Gasteiger partial charge in [-0.15, -0.1) is 0 Å². The van der Waals surface area contributed by atoms with Gasteiger partial charge in [-0.05, 0) is 42.8 Å². The van der Waals surface area contributed by atoms with E-state index < -0.39 is 11.8 Å². The third-order valence-electron chi connectivity index (χ3n) is 4.60. The molecule has 0 aliphatic heterocycles. The third-order valence-corrected chi connectivity index (χ3v) is 4.60.